The number of hydrogen-bond acceptors (Lipinski definition) is 4. The lowest BCUT2D eigenvalue weighted by Crippen LogP contribution is -2.55. The molecule has 2 N–H and O–H groups in total. The highest BCUT2D eigenvalue weighted by Crippen LogP contribution is 2.34. The predicted octanol–water partition coefficient (Wildman–Crippen LogP) is 1.68. The molecule has 0 aromatic heterocycles. The number of rotatable bonds is 3. The first-order valence-electron chi connectivity index (χ1n) is 8.26. The topological polar surface area (TPSA) is 104 Å². The molecule has 2 atom stereocenters. The summed E-state index contributed by atoms with van der Waals surface area (Å²) >= 11 is 0. The van der Waals surface area contributed by atoms with Gasteiger partial charge in [-0.3, -0.25) is 24.1 Å². The van der Waals surface area contributed by atoms with Crippen molar-refractivity contribution in [3.63, 3.8) is 0 Å². The van der Waals surface area contributed by atoms with Gasteiger partial charge in [0.15, 0.2) is 0 Å². The van der Waals surface area contributed by atoms with Gasteiger partial charge in [0.25, 0.3) is 17.7 Å². The molecule has 3 rings (SSSR count). The van der Waals surface area contributed by atoms with Crippen LogP contribution >= 0.6 is 0 Å². The highest BCUT2D eigenvalue weighted by Gasteiger charge is 2.42. The number of aliphatic carboxylic acids is 1. The van der Waals surface area contributed by atoms with Crippen LogP contribution in [0.5, 0.6) is 0 Å². The largest absolute Gasteiger partial charge is 0.481 e. The van der Waals surface area contributed by atoms with Crippen molar-refractivity contribution >= 4 is 23.7 Å². The Hall–Kier alpha value is -2.70. The Balaban J connectivity index is 1.86. The van der Waals surface area contributed by atoms with Crippen LogP contribution in [-0.4, -0.2) is 46.3 Å². The molecule has 25 heavy (non-hydrogen) atoms. The van der Waals surface area contributed by atoms with Crippen LogP contribution in [-0.2, 0) is 4.79 Å². The minimum absolute atomic E-state index is 0.198. The summed E-state index contributed by atoms with van der Waals surface area (Å²) in [4.78, 5) is 49.2. The fourth-order valence-corrected chi connectivity index (χ4v) is 3.71. The Morgan fingerprint density at radius 3 is 2.56 bits per heavy atom. The Kier molecular flexibility index (Phi) is 4.10. The molecule has 1 heterocycles. The molecule has 0 saturated heterocycles. The van der Waals surface area contributed by atoms with Crippen LogP contribution in [0, 0.1) is 5.92 Å². The van der Waals surface area contributed by atoms with Crippen LogP contribution < -0.4 is 5.32 Å². The Labute approximate surface area is 145 Å². The van der Waals surface area contributed by atoms with Crippen molar-refractivity contribution in [1.29, 1.82) is 0 Å². The van der Waals surface area contributed by atoms with Crippen LogP contribution in [0.15, 0.2) is 18.2 Å². The van der Waals surface area contributed by atoms with Gasteiger partial charge in [-0.05, 0) is 38.0 Å². The zero-order chi connectivity index (χ0) is 18.4. The van der Waals surface area contributed by atoms with Crippen LogP contribution in [0.2, 0.25) is 0 Å². The van der Waals surface area contributed by atoms with Crippen molar-refractivity contribution in [2.45, 2.75) is 38.1 Å². The normalized spacial score (nSPS) is 25.7. The molecular formula is C18H20N2O5. The molecule has 0 bridgehead atoms. The number of nitrogens with one attached hydrogen (secondary N) is 1. The quantitative estimate of drug-likeness (QED) is 0.812. The molecule has 1 fully saturated rings. The number of benzene rings is 1. The van der Waals surface area contributed by atoms with Gasteiger partial charge < -0.3 is 10.4 Å². The zero-order valence-corrected chi connectivity index (χ0v) is 14.2. The van der Waals surface area contributed by atoms with Gasteiger partial charge in [0.1, 0.15) is 0 Å². The summed E-state index contributed by atoms with van der Waals surface area (Å²) < 4.78 is 0. The van der Waals surface area contributed by atoms with Gasteiger partial charge in [0.05, 0.1) is 22.6 Å². The third kappa shape index (κ3) is 2.79. The predicted molar refractivity (Wildman–Crippen MR) is 88.3 cm³/mol. The molecule has 1 aromatic rings. The van der Waals surface area contributed by atoms with Crippen molar-refractivity contribution in [2.24, 2.45) is 5.92 Å². The van der Waals surface area contributed by atoms with E-state index < -0.39 is 35.1 Å². The van der Waals surface area contributed by atoms with Gasteiger partial charge in [-0.25, -0.2) is 0 Å². The maximum absolute atomic E-state index is 12.6. The SMILES string of the molecule is CN1C(=O)c2ccc(C(=O)NC3(C)CCCCC3C(=O)O)cc2C1=O. The molecule has 0 radical (unpaired) electrons. The second kappa shape index (κ2) is 5.98. The van der Waals surface area contributed by atoms with Crippen molar-refractivity contribution in [3.8, 4) is 0 Å². The molecule has 0 spiro atoms. The first-order chi connectivity index (χ1) is 11.7. The first-order valence-corrected chi connectivity index (χ1v) is 8.26. The maximum atomic E-state index is 12.6. The van der Waals surface area contributed by atoms with Gasteiger partial charge in [-0.2, -0.15) is 0 Å². The second-order valence-electron chi connectivity index (χ2n) is 6.94. The summed E-state index contributed by atoms with van der Waals surface area (Å²) in [6, 6.07) is 4.35. The van der Waals surface area contributed by atoms with E-state index in [-0.39, 0.29) is 16.7 Å². The third-order valence-corrected chi connectivity index (χ3v) is 5.26. The Bertz CT molecular complexity index is 788. The molecule has 132 valence electrons. The summed E-state index contributed by atoms with van der Waals surface area (Å²) in [7, 11) is 1.39. The number of fused-ring (bicyclic) bond motifs is 1. The Morgan fingerprint density at radius 2 is 1.88 bits per heavy atom. The van der Waals surface area contributed by atoms with E-state index in [9.17, 15) is 24.3 Å². The second-order valence-corrected chi connectivity index (χ2v) is 6.94. The van der Waals surface area contributed by atoms with E-state index in [4.69, 9.17) is 0 Å². The molecule has 1 aromatic carbocycles. The van der Waals surface area contributed by atoms with Crippen molar-refractivity contribution in [3.05, 3.63) is 34.9 Å². The van der Waals surface area contributed by atoms with Gasteiger partial charge in [0.2, 0.25) is 0 Å². The average molecular weight is 344 g/mol. The van der Waals surface area contributed by atoms with Gasteiger partial charge in [-0.1, -0.05) is 12.8 Å². The minimum atomic E-state index is -0.918. The lowest BCUT2D eigenvalue weighted by Gasteiger charge is -2.39. The number of hydrogen-bond donors (Lipinski definition) is 2. The summed E-state index contributed by atoms with van der Waals surface area (Å²) in [6.07, 6.45) is 2.78. The number of imide groups is 1. The van der Waals surface area contributed by atoms with Crippen LogP contribution in [0.3, 0.4) is 0 Å². The molecule has 2 unspecified atom stereocenters. The van der Waals surface area contributed by atoms with Gasteiger partial charge >= 0.3 is 5.97 Å². The fraction of sp³-hybridized carbons (Fsp3) is 0.444. The molecule has 1 aliphatic heterocycles. The Morgan fingerprint density at radius 1 is 1.20 bits per heavy atom. The monoisotopic (exact) mass is 344 g/mol. The number of carboxylic acids is 1. The first kappa shape index (κ1) is 17.1. The third-order valence-electron chi connectivity index (χ3n) is 5.26. The number of carboxylic acid groups (broad SMARTS) is 1. The number of carbonyl (C=O) groups excluding carboxylic acids is 3. The molecular weight excluding hydrogens is 324 g/mol. The summed E-state index contributed by atoms with van der Waals surface area (Å²) in [5.74, 6) is -2.83. The molecule has 2 aliphatic rings. The maximum Gasteiger partial charge on any atom is 0.308 e. The highest BCUT2D eigenvalue weighted by molar-refractivity contribution is 6.21. The van der Waals surface area contributed by atoms with E-state index in [0.717, 1.165) is 17.7 Å². The van der Waals surface area contributed by atoms with E-state index in [1.165, 1.54) is 25.2 Å². The summed E-state index contributed by atoms with van der Waals surface area (Å²) in [5, 5.41) is 12.3. The number of amides is 3. The summed E-state index contributed by atoms with van der Waals surface area (Å²) in [6.45, 7) is 1.75. The van der Waals surface area contributed by atoms with Crippen molar-refractivity contribution < 1.29 is 24.3 Å². The van der Waals surface area contributed by atoms with Crippen molar-refractivity contribution in [2.75, 3.05) is 7.05 Å². The van der Waals surface area contributed by atoms with E-state index in [1.54, 1.807) is 6.92 Å². The molecule has 1 aliphatic carbocycles. The zero-order valence-electron chi connectivity index (χ0n) is 14.2. The van der Waals surface area contributed by atoms with Crippen LogP contribution in [0.4, 0.5) is 0 Å². The molecule has 7 nitrogen and oxygen atoms in total. The lowest BCUT2D eigenvalue weighted by atomic mass is 9.73. The number of nitrogens with zero attached hydrogens (tertiary/aromatic N) is 1. The lowest BCUT2D eigenvalue weighted by molar-refractivity contribution is -0.145. The standard InChI is InChI=1S/C18H20N2O5/c1-18(8-4-3-5-13(18)17(24)25)19-14(21)10-6-7-11-12(9-10)16(23)20(2)15(11)22/h6-7,9,13H,3-5,8H2,1-2H3,(H,19,21)(H,24,25). The molecule has 1 saturated carbocycles. The van der Waals surface area contributed by atoms with Gasteiger partial charge in [0, 0.05) is 12.6 Å². The smallest absolute Gasteiger partial charge is 0.308 e. The van der Waals surface area contributed by atoms with E-state index >= 15 is 0 Å². The van der Waals surface area contributed by atoms with Crippen LogP contribution in [0.25, 0.3) is 0 Å². The molecule has 3 amide bonds. The van der Waals surface area contributed by atoms with E-state index in [2.05, 4.69) is 5.32 Å². The van der Waals surface area contributed by atoms with Crippen LogP contribution in [0.1, 0.15) is 63.7 Å². The highest BCUT2D eigenvalue weighted by atomic mass is 16.4. The number of carbonyl (C=O) groups is 4. The fourth-order valence-electron chi connectivity index (χ4n) is 3.71. The van der Waals surface area contributed by atoms with Gasteiger partial charge in [-0.15, -0.1) is 0 Å². The molecule has 7 heteroatoms. The van der Waals surface area contributed by atoms with Crippen molar-refractivity contribution in [1.82, 2.24) is 10.2 Å². The van der Waals surface area contributed by atoms with E-state index in [0.29, 0.717) is 12.8 Å². The van der Waals surface area contributed by atoms with E-state index in [1.807, 2.05) is 0 Å². The average Bonchev–Trinajstić information content (AvgIpc) is 2.78. The minimum Gasteiger partial charge on any atom is -0.481 e. The summed E-state index contributed by atoms with van der Waals surface area (Å²) in [5.41, 5.74) is -0.122.